The molecule has 0 aliphatic heterocycles. The molecule has 2 rings (SSSR count). The predicted molar refractivity (Wildman–Crippen MR) is 81.1 cm³/mol. The van der Waals surface area contributed by atoms with Crippen molar-refractivity contribution in [1.29, 1.82) is 0 Å². The summed E-state index contributed by atoms with van der Waals surface area (Å²) in [6.07, 6.45) is 1.61. The summed E-state index contributed by atoms with van der Waals surface area (Å²) in [7, 11) is 1.84. The first-order valence-electron chi connectivity index (χ1n) is 4.88. The van der Waals surface area contributed by atoms with Crippen LogP contribution in [-0.4, -0.2) is 9.78 Å². The van der Waals surface area contributed by atoms with Crippen LogP contribution < -0.4 is 5.73 Å². The number of hydrogen-bond acceptors (Lipinski definition) is 2. The van der Waals surface area contributed by atoms with Gasteiger partial charge in [-0.25, -0.2) is 0 Å². The van der Waals surface area contributed by atoms with Crippen molar-refractivity contribution in [2.24, 2.45) is 12.8 Å². The molecule has 3 nitrogen and oxygen atoms in total. The van der Waals surface area contributed by atoms with Gasteiger partial charge in [0.05, 0.1) is 23.0 Å². The van der Waals surface area contributed by atoms with Gasteiger partial charge in [-0.1, -0.05) is 27.5 Å². The zero-order valence-electron chi connectivity index (χ0n) is 8.99. The molecule has 0 aliphatic rings. The Balaban J connectivity index is 2.50. The maximum Gasteiger partial charge on any atom is 0.0837 e. The SMILES string of the molecule is Cn1ncc(Cl)c1C(N)c1cc(I)ccc1Br. The summed E-state index contributed by atoms with van der Waals surface area (Å²) >= 11 is 11.9. The number of hydrogen-bond donors (Lipinski definition) is 1. The Morgan fingerprint density at radius 1 is 1.53 bits per heavy atom. The highest BCUT2D eigenvalue weighted by Crippen LogP contribution is 2.31. The van der Waals surface area contributed by atoms with Crippen LogP contribution in [0.15, 0.2) is 28.9 Å². The van der Waals surface area contributed by atoms with Crippen LogP contribution in [0.2, 0.25) is 5.02 Å². The van der Waals surface area contributed by atoms with Crippen LogP contribution in [0.1, 0.15) is 17.3 Å². The molecule has 0 amide bonds. The molecule has 2 aromatic rings. The van der Waals surface area contributed by atoms with Gasteiger partial charge in [0.2, 0.25) is 0 Å². The summed E-state index contributed by atoms with van der Waals surface area (Å²) in [5.41, 5.74) is 8.07. The average molecular weight is 426 g/mol. The van der Waals surface area contributed by atoms with Crippen molar-refractivity contribution in [3.05, 3.63) is 48.7 Å². The minimum absolute atomic E-state index is 0.293. The molecule has 1 aromatic carbocycles. The zero-order valence-corrected chi connectivity index (χ0v) is 13.5. The molecule has 0 spiro atoms. The number of aryl methyl sites for hydroxylation is 1. The third-order valence-corrected chi connectivity index (χ3v) is 4.21. The van der Waals surface area contributed by atoms with Crippen molar-refractivity contribution < 1.29 is 0 Å². The lowest BCUT2D eigenvalue weighted by molar-refractivity contribution is 0.672. The number of nitrogens with two attached hydrogens (primary N) is 1. The van der Waals surface area contributed by atoms with Crippen molar-refractivity contribution in [2.45, 2.75) is 6.04 Å². The lowest BCUT2D eigenvalue weighted by Gasteiger charge is -2.15. The van der Waals surface area contributed by atoms with E-state index < -0.39 is 0 Å². The molecule has 6 heteroatoms. The van der Waals surface area contributed by atoms with E-state index in [-0.39, 0.29) is 6.04 Å². The second kappa shape index (κ2) is 5.26. The highest BCUT2D eigenvalue weighted by Gasteiger charge is 2.19. The van der Waals surface area contributed by atoms with Crippen LogP contribution in [0.4, 0.5) is 0 Å². The van der Waals surface area contributed by atoms with Gasteiger partial charge in [0, 0.05) is 15.1 Å². The van der Waals surface area contributed by atoms with E-state index in [0.717, 1.165) is 19.3 Å². The van der Waals surface area contributed by atoms with Crippen molar-refractivity contribution in [3.63, 3.8) is 0 Å². The second-order valence-electron chi connectivity index (χ2n) is 3.64. The summed E-state index contributed by atoms with van der Waals surface area (Å²) < 4.78 is 3.82. The van der Waals surface area contributed by atoms with Crippen molar-refractivity contribution in [3.8, 4) is 0 Å². The number of nitrogens with zero attached hydrogens (tertiary/aromatic N) is 2. The molecule has 0 fully saturated rings. The Kier molecular flexibility index (Phi) is 4.12. The zero-order chi connectivity index (χ0) is 12.6. The molecule has 1 aromatic heterocycles. The molecular formula is C11H10BrClIN3. The van der Waals surface area contributed by atoms with Gasteiger partial charge in [0.1, 0.15) is 0 Å². The first kappa shape index (κ1) is 13.3. The van der Waals surface area contributed by atoms with Gasteiger partial charge in [-0.05, 0) is 46.4 Å². The smallest absolute Gasteiger partial charge is 0.0837 e. The third-order valence-electron chi connectivity index (χ3n) is 2.53. The predicted octanol–water partition coefficient (Wildman–Crippen LogP) is 3.49. The minimum atomic E-state index is -0.293. The number of rotatable bonds is 2. The highest BCUT2D eigenvalue weighted by molar-refractivity contribution is 14.1. The van der Waals surface area contributed by atoms with E-state index in [9.17, 15) is 0 Å². The van der Waals surface area contributed by atoms with E-state index in [1.54, 1.807) is 10.9 Å². The molecule has 17 heavy (non-hydrogen) atoms. The van der Waals surface area contributed by atoms with Crippen LogP contribution in [0.5, 0.6) is 0 Å². The molecule has 1 heterocycles. The topological polar surface area (TPSA) is 43.8 Å². The van der Waals surface area contributed by atoms with Gasteiger partial charge in [0.15, 0.2) is 0 Å². The maximum atomic E-state index is 6.25. The molecule has 0 saturated carbocycles. The lowest BCUT2D eigenvalue weighted by atomic mass is 10.0. The quantitative estimate of drug-likeness (QED) is 0.748. The monoisotopic (exact) mass is 425 g/mol. The Bertz CT molecular complexity index is 536. The molecule has 2 N–H and O–H groups in total. The highest BCUT2D eigenvalue weighted by atomic mass is 127. The van der Waals surface area contributed by atoms with Crippen LogP contribution in [0.3, 0.4) is 0 Å². The fourth-order valence-electron chi connectivity index (χ4n) is 1.67. The van der Waals surface area contributed by atoms with Crippen LogP contribution >= 0.6 is 50.1 Å². The number of aromatic nitrogens is 2. The van der Waals surface area contributed by atoms with Crippen LogP contribution in [-0.2, 0) is 7.05 Å². The second-order valence-corrected chi connectivity index (χ2v) is 6.15. The normalized spacial score (nSPS) is 12.8. The number of benzene rings is 1. The Hall–Kier alpha value is -0.110. The Morgan fingerprint density at radius 3 is 2.82 bits per heavy atom. The van der Waals surface area contributed by atoms with Gasteiger partial charge in [-0.3, -0.25) is 4.68 Å². The largest absolute Gasteiger partial charge is 0.319 e. The molecule has 0 aliphatic carbocycles. The fourth-order valence-corrected chi connectivity index (χ4v) is 2.96. The first-order valence-corrected chi connectivity index (χ1v) is 7.13. The van der Waals surface area contributed by atoms with E-state index in [2.05, 4.69) is 43.6 Å². The Labute approximate surface area is 127 Å². The summed E-state index contributed by atoms with van der Waals surface area (Å²) in [6, 6.07) is 5.75. The van der Waals surface area contributed by atoms with E-state index >= 15 is 0 Å². The standard InChI is InChI=1S/C11H10BrClIN3/c1-17-11(9(13)5-16-17)10(15)7-4-6(14)2-3-8(7)12/h2-5,10H,15H2,1H3. The van der Waals surface area contributed by atoms with Crippen LogP contribution in [0, 0.1) is 3.57 Å². The molecule has 0 radical (unpaired) electrons. The maximum absolute atomic E-state index is 6.25. The lowest BCUT2D eigenvalue weighted by Crippen LogP contribution is -2.17. The molecule has 1 unspecified atom stereocenters. The average Bonchev–Trinajstić information content (AvgIpc) is 2.61. The molecule has 0 bridgehead atoms. The Morgan fingerprint density at radius 2 is 2.24 bits per heavy atom. The molecule has 1 atom stereocenters. The van der Waals surface area contributed by atoms with E-state index in [0.29, 0.717) is 5.02 Å². The van der Waals surface area contributed by atoms with Crippen molar-refractivity contribution >= 4 is 50.1 Å². The third kappa shape index (κ3) is 2.67. The first-order chi connectivity index (χ1) is 8.00. The summed E-state index contributed by atoms with van der Waals surface area (Å²) in [6.45, 7) is 0. The molecule has 90 valence electrons. The molecule has 0 saturated heterocycles. The van der Waals surface area contributed by atoms with Gasteiger partial charge >= 0.3 is 0 Å². The van der Waals surface area contributed by atoms with Crippen molar-refractivity contribution in [1.82, 2.24) is 9.78 Å². The van der Waals surface area contributed by atoms with E-state index in [4.69, 9.17) is 17.3 Å². The molecular weight excluding hydrogens is 416 g/mol. The summed E-state index contributed by atoms with van der Waals surface area (Å²) in [5, 5.41) is 4.69. The van der Waals surface area contributed by atoms with Gasteiger partial charge in [-0.15, -0.1) is 0 Å². The van der Waals surface area contributed by atoms with E-state index in [1.807, 2.05) is 25.2 Å². The van der Waals surface area contributed by atoms with Gasteiger partial charge in [0.25, 0.3) is 0 Å². The van der Waals surface area contributed by atoms with Crippen LogP contribution in [0.25, 0.3) is 0 Å². The van der Waals surface area contributed by atoms with Crippen molar-refractivity contribution in [2.75, 3.05) is 0 Å². The van der Waals surface area contributed by atoms with Gasteiger partial charge in [-0.2, -0.15) is 5.10 Å². The van der Waals surface area contributed by atoms with E-state index in [1.165, 1.54) is 0 Å². The fraction of sp³-hybridized carbons (Fsp3) is 0.182. The summed E-state index contributed by atoms with van der Waals surface area (Å²) in [4.78, 5) is 0. The minimum Gasteiger partial charge on any atom is -0.319 e. The van der Waals surface area contributed by atoms with Gasteiger partial charge < -0.3 is 5.73 Å². The number of halogens is 3. The summed E-state index contributed by atoms with van der Waals surface area (Å²) in [5.74, 6) is 0.